The molecule has 0 aliphatic heterocycles. The molecule has 0 aliphatic carbocycles. The largest absolute Gasteiger partial charge is 0.406 e. The summed E-state index contributed by atoms with van der Waals surface area (Å²) in [6, 6.07) is 12.8. The predicted molar refractivity (Wildman–Crippen MR) is 97.4 cm³/mol. The Kier molecular flexibility index (Phi) is 7.11. The molecule has 0 saturated heterocycles. The minimum atomic E-state index is -4.51. The molecule has 0 heterocycles. The van der Waals surface area contributed by atoms with Crippen LogP contribution in [0.3, 0.4) is 0 Å². The number of amides is 1. The summed E-state index contributed by atoms with van der Waals surface area (Å²) in [6.45, 7) is -1.54. The van der Waals surface area contributed by atoms with Crippen molar-refractivity contribution in [3.8, 4) is 6.07 Å². The van der Waals surface area contributed by atoms with E-state index in [2.05, 4.69) is 0 Å². The molecule has 0 unspecified atom stereocenters. The molecule has 0 N–H and O–H groups in total. The number of carbonyl (C=O) groups is 1. The van der Waals surface area contributed by atoms with Gasteiger partial charge in [0.2, 0.25) is 5.91 Å². The lowest BCUT2D eigenvalue weighted by Gasteiger charge is -2.24. The Bertz CT molecular complexity index is 846. The van der Waals surface area contributed by atoms with E-state index in [1.165, 1.54) is 30.3 Å². The summed E-state index contributed by atoms with van der Waals surface area (Å²) in [5.41, 5.74) is 1.54. The van der Waals surface area contributed by atoms with Crippen molar-refractivity contribution in [2.24, 2.45) is 0 Å². The number of benzene rings is 2. The number of hydrogen-bond donors (Lipinski definition) is 0. The van der Waals surface area contributed by atoms with Gasteiger partial charge in [0.1, 0.15) is 6.54 Å². The lowest BCUT2D eigenvalue weighted by molar-refractivity contribution is -0.162. The van der Waals surface area contributed by atoms with Crippen molar-refractivity contribution in [3.63, 3.8) is 0 Å². The molecule has 2 aromatic carbocycles. The van der Waals surface area contributed by atoms with E-state index in [1.807, 2.05) is 6.07 Å². The van der Waals surface area contributed by atoms with Crippen molar-refractivity contribution in [3.05, 3.63) is 69.2 Å². The van der Waals surface area contributed by atoms with Crippen LogP contribution < -0.4 is 0 Å². The third-order valence-electron chi connectivity index (χ3n) is 3.80. The number of halogens is 5. The first kappa shape index (κ1) is 21.1. The first-order chi connectivity index (χ1) is 12.7. The molecule has 0 atom stereocenters. The van der Waals surface area contributed by atoms with Gasteiger partial charge in [0.15, 0.2) is 0 Å². The van der Waals surface area contributed by atoms with Crippen LogP contribution in [0.4, 0.5) is 13.2 Å². The van der Waals surface area contributed by atoms with Gasteiger partial charge < -0.3 is 4.90 Å². The Morgan fingerprint density at radius 3 is 2.33 bits per heavy atom. The van der Waals surface area contributed by atoms with Crippen LogP contribution in [0.25, 0.3) is 0 Å². The minimum Gasteiger partial charge on any atom is -0.329 e. The molecule has 0 fully saturated rings. The van der Waals surface area contributed by atoms with Crippen molar-refractivity contribution in [1.29, 1.82) is 5.26 Å². The molecule has 27 heavy (non-hydrogen) atoms. The van der Waals surface area contributed by atoms with Crippen LogP contribution in [-0.4, -0.2) is 23.5 Å². The maximum atomic E-state index is 12.9. The Hall–Kier alpha value is -2.23. The molecule has 3 nitrogen and oxygen atoms in total. The lowest BCUT2D eigenvalue weighted by Crippen LogP contribution is -2.38. The summed E-state index contributed by atoms with van der Waals surface area (Å²) in [6.07, 6.45) is -4.43. The number of rotatable bonds is 6. The Morgan fingerprint density at radius 2 is 1.78 bits per heavy atom. The zero-order valence-electron chi connectivity index (χ0n) is 14.1. The van der Waals surface area contributed by atoms with Crippen molar-refractivity contribution in [1.82, 2.24) is 4.90 Å². The van der Waals surface area contributed by atoms with Crippen LogP contribution in [0.15, 0.2) is 42.5 Å². The average molecular weight is 415 g/mol. The van der Waals surface area contributed by atoms with Gasteiger partial charge >= 0.3 is 6.18 Å². The van der Waals surface area contributed by atoms with E-state index < -0.39 is 18.6 Å². The summed E-state index contributed by atoms with van der Waals surface area (Å²) in [4.78, 5) is 13.2. The smallest absolute Gasteiger partial charge is 0.329 e. The average Bonchev–Trinajstić information content (AvgIpc) is 2.59. The monoisotopic (exact) mass is 414 g/mol. The Morgan fingerprint density at radius 1 is 1.11 bits per heavy atom. The number of alkyl halides is 3. The van der Waals surface area contributed by atoms with Gasteiger partial charge in [-0.05, 0) is 41.8 Å². The summed E-state index contributed by atoms with van der Waals surface area (Å²) >= 11 is 11.9. The van der Waals surface area contributed by atoms with E-state index in [-0.39, 0.29) is 19.4 Å². The van der Waals surface area contributed by atoms with Crippen molar-refractivity contribution >= 4 is 29.1 Å². The summed E-state index contributed by atoms with van der Waals surface area (Å²) in [5, 5.41) is 9.59. The fraction of sp³-hybridized carbons (Fsp3) is 0.263. The lowest BCUT2D eigenvalue weighted by atomic mass is 10.1. The zero-order chi connectivity index (χ0) is 20.0. The van der Waals surface area contributed by atoms with Crippen LogP contribution in [-0.2, 0) is 17.8 Å². The molecule has 0 aromatic heterocycles. The first-order valence-electron chi connectivity index (χ1n) is 7.95. The number of carbonyl (C=O) groups excluding carboxylic acids is 1. The SMILES string of the molecule is N#Cc1ccc(CN(CC(F)(F)F)C(=O)CCc2ccc(Cl)cc2Cl)cc1. The van der Waals surface area contributed by atoms with Crippen LogP contribution >= 0.6 is 23.2 Å². The molecular weight excluding hydrogens is 400 g/mol. The van der Waals surface area contributed by atoms with Gasteiger partial charge in [-0.25, -0.2) is 0 Å². The molecule has 1 amide bonds. The van der Waals surface area contributed by atoms with Gasteiger partial charge in [-0.3, -0.25) is 4.79 Å². The first-order valence-corrected chi connectivity index (χ1v) is 8.71. The van der Waals surface area contributed by atoms with Gasteiger partial charge in [-0.1, -0.05) is 41.4 Å². The minimum absolute atomic E-state index is 0.117. The van der Waals surface area contributed by atoms with Crippen LogP contribution in [0.2, 0.25) is 10.0 Å². The van der Waals surface area contributed by atoms with Gasteiger partial charge in [-0.2, -0.15) is 18.4 Å². The molecule has 0 radical (unpaired) electrons. The molecule has 2 aromatic rings. The summed E-state index contributed by atoms with van der Waals surface area (Å²) < 4.78 is 38.7. The van der Waals surface area contributed by atoms with E-state index in [4.69, 9.17) is 28.5 Å². The van der Waals surface area contributed by atoms with E-state index in [1.54, 1.807) is 12.1 Å². The number of nitrogens with zero attached hydrogens (tertiary/aromatic N) is 2. The van der Waals surface area contributed by atoms with Crippen LogP contribution in [0.1, 0.15) is 23.1 Å². The molecule has 0 bridgehead atoms. The molecule has 2 rings (SSSR count). The highest BCUT2D eigenvalue weighted by Gasteiger charge is 2.32. The highest BCUT2D eigenvalue weighted by Crippen LogP contribution is 2.23. The highest BCUT2D eigenvalue weighted by atomic mass is 35.5. The van der Waals surface area contributed by atoms with Crippen LogP contribution in [0.5, 0.6) is 0 Å². The van der Waals surface area contributed by atoms with Gasteiger partial charge in [0.05, 0.1) is 11.6 Å². The van der Waals surface area contributed by atoms with Crippen molar-refractivity contribution < 1.29 is 18.0 Å². The second kappa shape index (κ2) is 9.12. The van der Waals surface area contributed by atoms with Crippen LogP contribution in [0, 0.1) is 11.3 Å². The fourth-order valence-corrected chi connectivity index (χ4v) is 2.98. The molecule has 142 valence electrons. The molecular formula is C19H15Cl2F3N2O. The van der Waals surface area contributed by atoms with E-state index in [0.717, 1.165) is 4.90 Å². The molecule has 8 heteroatoms. The second-order valence-electron chi connectivity index (χ2n) is 5.91. The predicted octanol–water partition coefficient (Wildman–Crippen LogP) is 5.39. The zero-order valence-corrected chi connectivity index (χ0v) is 15.6. The van der Waals surface area contributed by atoms with E-state index in [9.17, 15) is 18.0 Å². The second-order valence-corrected chi connectivity index (χ2v) is 6.75. The quantitative estimate of drug-likeness (QED) is 0.635. The Labute approximate surface area is 164 Å². The third kappa shape index (κ3) is 6.78. The van der Waals surface area contributed by atoms with Gasteiger partial charge in [0.25, 0.3) is 0 Å². The molecule has 0 aliphatic rings. The number of nitriles is 1. The Balaban J connectivity index is 2.09. The van der Waals surface area contributed by atoms with E-state index >= 15 is 0 Å². The van der Waals surface area contributed by atoms with Gasteiger partial charge in [-0.15, -0.1) is 0 Å². The van der Waals surface area contributed by atoms with Crippen molar-refractivity contribution in [2.75, 3.05) is 6.54 Å². The maximum Gasteiger partial charge on any atom is 0.406 e. The molecule has 0 saturated carbocycles. The normalized spacial score (nSPS) is 11.1. The van der Waals surface area contributed by atoms with Gasteiger partial charge in [0, 0.05) is 23.0 Å². The molecule has 0 spiro atoms. The number of aryl methyl sites for hydroxylation is 1. The third-order valence-corrected chi connectivity index (χ3v) is 4.39. The maximum absolute atomic E-state index is 12.9. The fourth-order valence-electron chi connectivity index (χ4n) is 2.48. The van der Waals surface area contributed by atoms with Crippen molar-refractivity contribution in [2.45, 2.75) is 25.6 Å². The highest BCUT2D eigenvalue weighted by molar-refractivity contribution is 6.35. The van der Waals surface area contributed by atoms with E-state index in [0.29, 0.717) is 26.7 Å². The topological polar surface area (TPSA) is 44.1 Å². The standard InChI is InChI=1S/C19H15Cl2F3N2O/c20-16-7-5-15(17(21)9-16)6-8-18(27)26(12-19(22,23)24)11-14-3-1-13(10-25)2-4-14/h1-5,7,9H,6,8,11-12H2. The summed E-state index contributed by atoms with van der Waals surface area (Å²) in [7, 11) is 0. The summed E-state index contributed by atoms with van der Waals surface area (Å²) in [5.74, 6) is -0.636. The number of hydrogen-bond acceptors (Lipinski definition) is 2.